The van der Waals surface area contributed by atoms with Crippen LogP contribution in [0.2, 0.25) is 0 Å². The minimum absolute atomic E-state index is 0.190. The minimum atomic E-state index is 0.190. The summed E-state index contributed by atoms with van der Waals surface area (Å²) in [5, 5.41) is 6.26. The van der Waals surface area contributed by atoms with Gasteiger partial charge in [0.25, 0.3) is 0 Å². The first-order valence-corrected chi connectivity index (χ1v) is 19.2. The van der Waals surface area contributed by atoms with Crippen molar-refractivity contribution >= 4 is 11.8 Å². The normalized spacial score (nSPS) is 11.3. The molecule has 250 valence electrons. The maximum atomic E-state index is 12.4. The number of rotatable bonds is 34. The molecule has 4 nitrogen and oxygen atoms in total. The second-order valence-corrected chi connectivity index (χ2v) is 13.2. The van der Waals surface area contributed by atoms with E-state index in [9.17, 15) is 9.59 Å². The van der Waals surface area contributed by atoms with Crippen LogP contribution in [0.25, 0.3) is 0 Å². The number of carbonyl (C=O) groups is 2. The van der Waals surface area contributed by atoms with Crippen LogP contribution in [0.3, 0.4) is 0 Å². The monoisotopic (exact) mass is 593 g/mol. The summed E-state index contributed by atoms with van der Waals surface area (Å²) in [6, 6.07) is 0. The fourth-order valence-corrected chi connectivity index (χ4v) is 6.08. The first kappa shape index (κ1) is 40.9. The van der Waals surface area contributed by atoms with Crippen molar-refractivity contribution in [1.29, 1.82) is 0 Å². The molecule has 2 N–H and O–H groups in total. The molecular weight excluding hydrogens is 516 g/mol. The number of hydrogen-bond donors (Lipinski definition) is 2. The zero-order chi connectivity index (χ0) is 30.8. The first-order chi connectivity index (χ1) is 20.6. The molecular formula is C38H76N2O2. The van der Waals surface area contributed by atoms with Gasteiger partial charge in [-0.1, -0.05) is 175 Å². The van der Waals surface area contributed by atoms with E-state index in [1.54, 1.807) is 0 Å². The van der Waals surface area contributed by atoms with Gasteiger partial charge in [-0.3, -0.25) is 9.59 Å². The summed E-state index contributed by atoms with van der Waals surface area (Å²) >= 11 is 0. The van der Waals surface area contributed by atoms with Gasteiger partial charge in [-0.25, -0.2) is 0 Å². The summed E-state index contributed by atoms with van der Waals surface area (Å²) in [6.45, 7) is 8.39. The third kappa shape index (κ3) is 31.9. The van der Waals surface area contributed by atoms with Gasteiger partial charge >= 0.3 is 0 Å². The highest BCUT2D eigenvalue weighted by Crippen LogP contribution is 2.20. The van der Waals surface area contributed by atoms with E-state index in [0.717, 1.165) is 51.6 Å². The van der Waals surface area contributed by atoms with Crippen LogP contribution in [0.5, 0.6) is 0 Å². The number of hydrogen-bond acceptors (Lipinski definition) is 2. The Labute approximate surface area is 264 Å². The summed E-state index contributed by atoms with van der Waals surface area (Å²) < 4.78 is 0. The average molecular weight is 593 g/mol. The Hall–Kier alpha value is -1.06. The van der Waals surface area contributed by atoms with Crippen molar-refractivity contribution in [1.82, 2.24) is 10.6 Å². The highest BCUT2D eigenvalue weighted by atomic mass is 16.2. The van der Waals surface area contributed by atoms with Crippen molar-refractivity contribution in [2.45, 2.75) is 213 Å². The zero-order valence-electron chi connectivity index (χ0n) is 29.0. The summed E-state index contributed by atoms with van der Waals surface area (Å²) in [4.78, 5) is 24.7. The molecule has 0 aromatic heterocycles. The van der Waals surface area contributed by atoms with E-state index in [0.29, 0.717) is 18.8 Å². The van der Waals surface area contributed by atoms with Crippen LogP contribution in [-0.4, -0.2) is 24.9 Å². The van der Waals surface area contributed by atoms with Crippen molar-refractivity contribution in [3.63, 3.8) is 0 Å². The lowest BCUT2D eigenvalue weighted by Crippen LogP contribution is -2.26. The summed E-state index contributed by atoms with van der Waals surface area (Å²) in [7, 11) is 0. The van der Waals surface area contributed by atoms with Crippen LogP contribution in [0.15, 0.2) is 0 Å². The third-order valence-electron chi connectivity index (χ3n) is 8.96. The van der Waals surface area contributed by atoms with Gasteiger partial charge in [0, 0.05) is 25.9 Å². The Bertz CT molecular complexity index is 519. The van der Waals surface area contributed by atoms with Crippen LogP contribution < -0.4 is 10.6 Å². The van der Waals surface area contributed by atoms with Crippen molar-refractivity contribution in [2.24, 2.45) is 5.92 Å². The van der Waals surface area contributed by atoms with E-state index in [1.807, 2.05) is 0 Å². The first-order valence-electron chi connectivity index (χ1n) is 19.2. The van der Waals surface area contributed by atoms with E-state index in [4.69, 9.17) is 0 Å². The predicted octanol–water partition coefficient (Wildman–Crippen LogP) is 11.6. The second kappa shape index (κ2) is 34.4. The van der Waals surface area contributed by atoms with Gasteiger partial charge in [-0.05, 0) is 31.6 Å². The quantitative estimate of drug-likeness (QED) is 0.0730. The smallest absolute Gasteiger partial charge is 0.220 e. The molecule has 0 unspecified atom stereocenters. The van der Waals surface area contributed by atoms with Gasteiger partial charge in [0.1, 0.15) is 0 Å². The molecule has 0 aliphatic heterocycles. The number of nitrogens with one attached hydrogen (secondary N) is 2. The highest BCUT2D eigenvalue weighted by Gasteiger charge is 2.13. The SMILES string of the molecule is CCCCCCCCCCCCCCNC(=O)CCC(CCC)CCC(=O)NCCCCCCCCCCCCCC. The average Bonchev–Trinajstić information content (AvgIpc) is 2.99. The van der Waals surface area contributed by atoms with Crippen molar-refractivity contribution in [3.8, 4) is 0 Å². The van der Waals surface area contributed by atoms with Crippen LogP contribution in [0.1, 0.15) is 213 Å². The fraction of sp³-hybridized carbons (Fsp3) is 0.947. The van der Waals surface area contributed by atoms with E-state index in [-0.39, 0.29) is 11.8 Å². The van der Waals surface area contributed by atoms with Crippen molar-refractivity contribution in [3.05, 3.63) is 0 Å². The Morgan fingerprint density at radius 1 is 0.381 bits per heavy atom. The Kier molecular flexibility index (Phi) is 33.6. The molecule has 0 saturated heterocycles. The van der Waals surface area contributed by atoms with E-state index in [1.165, 1.54) is 141 Å². The molecule has 42 heavy (non-hydrogen) atoms. The largest absolute Gasteiger partial charge is 0.356 e. The lowest BCUT2D eigenvalue weighted by atomic mass is 9.92. The van der Waals surface area contributed by atoms with Gasteiger partial charge in [0.05, 0.1) is 0 Å². The van der Waals surface area contributed by atoms with E-state index in [2.05, 4.69) is 31.4 Å². The molecule has 2 amide bonds. The van der Waals surface area contributed by atoms with E-state index >= 15 is 0 Å². The second-order valence-electron chi connectivity index (χ2n) is 13.2. The summed E-state index contributed by atoms with van der Waals surface area (Å²) in [6.07, 6.45) is 37.5. The lowest BCUT2D eigenvalue weighted by molar-refractivity contribution is -0.121. The maximum absolute atomic E-state index is 12.4. The molecule has 0 aromatic carbocycles. The molecule has 0 atom stereocenters. The Morgan fingerprint density at radius 2 is 0.667 bits per heavy atom. The van der Waals surface area contributed by atoms with Crippen molar-refractivity contribution in [2.75, 3.05) is 13.1 Å². The molecule has 0 fully saturated rings. The van der Waals surface area contributed by atoms with Crippen LogP contribution in [0.4, 0.5) is 0 Å². The number of amides is 2. The Morgan fingerprint density at radius 3 is 0.952 bits per heavy atom. The molecule has 0 radical (unpaired) electrons. The molecule has 0 spiro atoms. The van der Waals surface area contributed by atoms with Gasteiger partial charge in [0.15, 0.2) is 0 Å². The highest BCUT2D eigenvalue weighted by molar-refractivity contribution is 5.76. The molecule has 0 rings (SSSR count). The van der Waals surface area contributed by atoms with Gasteiger partial charge < -0.3 is 10.6 Å². The topological polar surface area (TPSA) is 58.2 Å². The minimum Gasteiger partial charge on any atom is -0.356 e. The summed E-state index contributed by atoms with van der Waals surface area (Å²) in [5.74, 6) is 0.857. The molecule has 0 heterocycles. The zero-order valence-corrected chi connectivity index (χ0v) is 29.0. The molecule has 4 heteroatoms. The lowest BCUT2D eigenvalue weighted by Gasteiger charge is -2.16. The van der Waals surface area contributed by atoms with E-state index < -0.39 is 0 Å². The molecule has 0 saturated carbocycles. The Balaban J connectivity index is 3.62. The molecule has 0 aliphatic carbocycles. The number of unbranched alkanes of at least 4 members (excludes halogenated alkanes) is 22. The van der Waals surface area contributed by atoms with Gasteiger partial charge in [0.2, 0.25) is 11.8 Å². The maximum Gasteiger partial charge on any atom is 0.220 e. The number of carbonyl (C=O) groups excluding carboxylic acids is 2. The van der Waals surface area contributed by atoms with Gasteiger partial charge in [-0.15, -0.1) is 0 Å². The fourth-order valence-electron chi connectivity index (χ4n) is 6.08. The van der Waals surface area contributed by atoms with Crippen molar-refractivity contribution < 1.29 is 9.59 Å². The van der Waals surface area contributed by atoms with Gasteiger partial charge in [-0.2, -0.15) is 0 Å². The molecule has 0 aromatic rings. The van der Waals surface area contributed by atoms with Crippen LogP contribution >= 0.6 is 0 Å². The van der Waals surface area contributed by atoms with Crippen LogP contribution in [-0.2, 0) is 9.59 Å². The standard InChI is InChI=1S/C38H76N2O2/c1-4-7-9-11-13-15-17-19-21-23-25-27-34-39-37(41)32-30-36(29-6-3)31-33-38(42)40-35-28-26-24-22-20-18-16-14-12-10-8-5-2/h36H,4-35H2,1-3H3,(H,39,41)(H,40,42). The van der Waals surface area contributed by atoms with Crippen LogP contribution in [0, 0.1) is 5.92 Å². The third-order valence-corrected chi connectivity index (χ3v) is 8.96. The summed E-state index contributed by atoms with van der Waals surface area (Å²) in [5.41, 5.74) is 0. The molecule has 0 bridgehead atoms. The molecule has 0 aliphatic rings. The predicted molar refractivity (Wildman–Crippen MR) is 185 cm³/mol.